The molecule has 5 heteroatoms. The number of quaternary nitrogens is 1. The molecule has 1 aromatic heterocycles. The van der Waals surface area contributed by atoms with E-state index in [1.807, 2.05) is 12.1 Å². The Bertz CT molecular complexity index is 853. The van der Waals surface area contributed by atoms with E-state index in [1.165, 1.54) is 37.0 Å². The first-order valence-electron chi connectivity index (χ1n) is 10.3. The maximum Gasteiger partial charge on any atom is 0.339 e. The zero-order valence-electron chi connectivity index (χ0n) is 16.1. The van der Waals surface area contributed by atoms with Gasteiger partial charge < -0.3 is 19.2 Å². The number of ether oxygens (including phenoxy) is 1. The van der Waals surface area contributed by atoms with Gasteiger partial charge in [-0.05, 0) is 62.6 Å². The van der Waals surface area contributed by atoms with E-state index in [-0.39, 0.29) is 12.2 Å². The Kier molecular flexibility index (Phi) is 5.50. The minimum atomic E-state index is -0.505. The predicted octanol–water partition coefficient (Wildman–Crippen LogP) is 1.87. The van der Waals surface area contributed by atoms with E-state index in [0.717, 1.165) is 35.8 Å². The molecule has 1 saturated carbocycles. The summed E-state index contributed by atoms with van der Waals surface area (Å²) in [6.45, 7) is 0.950. The molecule has 2 aromatic rings. The van der Waals surface area contributed by atoms with Crippen LogP contribution < -0.4 is 15.3 Å². The van der Waals surface area contributed by atoms with Crippen molar-refractivity contribution in [2.75, 3.05) is 20.2 Å². The second kappa shape index (κ2) is 8.03. The minimum absolute atomic E-state index is 0.218. The van der Waals surface area contributed by atoms with Crippen LogP contribution in [-0.4, -0.2) is 37.5 Å². The zero-order chi connectivity index (χ0) is 18.8. The molecule has 1 unspecified atom stereocenters. The molecule has 0 spiro atoms. The highest BCUT2D eigenvalue weighted by Gasteiger charge is 2.24. The van der Waals surface area contributed by atoms with Crippen molar-refractivity contribution in [1.29, 1.82) is 0 Å². The van der Waals surface area contributed by atoms with E-state index < -0.39 is 6.10 Å². The van der Waals surface area contributed by atoms with Gasteiger partial charge in [0.05, 0.1) is 13.1 Å². The number of aliphatic hydroxyl groups is 1. The molecule has 0 saturated heterocycles. The van der Waals surface area contributed by atoms with Gasteiger partial charge in [0.2, 0.25) is 0 Å². The first-order valence-corrected chi connectivity index (χ1v) is 10.3. The quantitative estimate of drug-likeness (QED) is 0.760. The minimum Gasteiger partial charge on any atom is -0.491 e. The summed E-state index contributed by atoms with van der Waals surface area (Å²) in [6, 6.07) is 6.32. The standard InChI is InChI=1S/C22H29NO4/c1-23(15-6-3-2-4-7-15)13-16(24)14-26-17-10-11-19-18-8-5-9-20(18)22(25)27-21(19)12-17/h10-12,15-16,24H,2-9,13-14H2,1H3/p+1/t16-/m1/s1. The molecule has 1 heterocycles. The normalized spacial score (nSPS) is 19.8. The molecule has 5 nitrogen and oxygen atoms in total. The molecule has 27 heavy (non-hydrogen) atoms. The fraction of sp³-hybridized carbons (Fsp3) is 0.591. The van der Waals surface area contributed by atoms with Crippen LogP contribution in [-0.2, 0) is 12.8 Å². The predicted molar refractivity (Wildman–Crippen MR) is 105 cm³/mol. The Morgan fingerprint density at radius 1 is 1.19 bits per heavy atom. The van der Waals surface area contributed by atoms with E-state index in [0.29, 0.717) is 23.9 Å². The summed E-state index contributed by atoms with van der Waals surface area (Å²) in [5.41, 5.74) is 2.33. The number of aryl methyl sites for hydroxylation is 1. The number of aliphatic hydroxyl groups excluding tert-OH is 1. The van der Waals surface area contributed by atoms with E-state index in [2.05, 4.69) is 7.05 Å². The van der Waals surface area contributed by atoms with Crippen molar-refractivity contribution in [2.24, 2.45) is 0 Å². The molecule has 0 aliphatic heterocycles. The SMILES string of the molecule is C[NH+](C[C@@H](O)COc1ccc2c3c(c(=O)oc2c1)CCC3)C1CCCCC1. The molecule has 2 aliphatic rings. The number of likely N-dealkylation sites (N-methyl/N-ethyl adjacent to an activating group) is 1. The van der Waals surface area contributed by atoms with Crippen LogP contribution in [0.3, 0.4) is 0 Å². The number of hydrogen-bond donors (Lipinski definition) is 2. The third-order valence-electron chi connectivity index (χ3n) is 6.25. The first kappa shape index (κ1) is 18.5. The zero-order valence-corrected chi connectivity index (χ0v) is 16.1. The van der Waals surface area contributed by atoms with Crippen LogP contribution >= 0.6 is 0 Å². The van der Waals surface area contributed by atoms with Crippen molar-refractivity contribution < 1.29 is 19.2 Å². The molecule has 1 fully saturated rings. The summed E-state index contributed by atoms with van der Waals surface area (Å²) in [7, 11) is 2.17. The molecule has 4 rings (SSSR count). The van der Waals surface area contributed by atoms with Crippen molar-refractivity contribution in [3.05, 3.63) is 39.7 Å². The van der Waals surface area contributed by atoms with Crippen LogP contribution in [0.5, 0.6) is 5.75 Å². The van der Waals surface area contributed by atoms with Crippen molar-refractivity contribution in [2.45, 2.75) is 63.5 Å². The van der Waals surface area contributed by atoms with Gasteiger partial charge in [0.25, 0.3) is 0 Å². The van der Waals surface area contributed by atoms with Gasteiger partial charge in [0.15, 0.2) is 0 Å². The average Bonchev–Trinajstić information content (AvgIpc) is 3.18. The summed E-state index contributed by atoms with van der Waals surface area (Å²) in [5.74, 6) is 0.637. The Labute approximate surface area is 159 Å². The highest BCUT2D eigenvalue weighted by atomic mass is 16.5. The van der Waals surface area contributed by atoms with Gasteiger partial charge >= 0.3 is 5.63 Å². The molecule has 1 aromatic carbocycles. The molecule has 0 radical (unpaired) electrons. The fourth-order valence-electron chi connectivity index (χ4n) is 4.74. The van der Waals surface area contributed by atoms with Crippen LogP contribution in [0.4, 0.5) is 0 Å². The van der Waals surface area contributed by atoms with E-state index in [9.17, 15) is 9.90 Å². The molecule has 2 N–H and O–H groups in total. The highest BCUT2D eigenvalue weighted by molar-refractivity contribution is 5.83. The van der Waals surface area contributed by atoms with Gasteiger partial charge in [-0.25, -0.2) is 4.79 Å². The van der Waals surface area contributed by atoms with Crippen LogP contribution in [0.15, 0.2) is 27.4 Å². The summed E-state index contributed by atoms with van der Waals surface area (Å²) < 4.78 is 11.3. The van der Waals surface area contributed by atoms with Gasteiger partial charge in [-0.15, -0.1) is 0 Å². The molecular formula is C22H30NO4+. The molecular weight excluding hydrogens is 342 g/mol. The lowest BCUT2D eigenvalue weighted by Crippen LogP contribution is -3.14. The fourth-order valence-corrected chi connectivity index (χ4v) is 4.74. The van der Waals surface area contributed by atoms with Gasteiger partial charge in [-0.3, -0.25) is 0 Å². The summed E-state index contributed by atoms with van der Waals surface area (Å²) in [6.07, 6.45) is 8.73. The Hall–Kier alpha value is -1.85. The number of rotatable bonds is 6. The third kappa shape index (κ3) is 4.04. The second-order valence-corrected chi connectivity index (χ2v) is 8.21. The van der Waals surface area contributed by atoms with Crippen LogP contribution in [0.1, 0.15) is 49.7 Å². The van der Waals surface area contributed by atoms with E-state index in [1.54, 1.807) is 6.07 Å². The third-order valence-corrected chi connectivity index (χ3v) is 6.25. The van der Waals surface area contributed by atoms with Crippen molar-refractivity contribution in [3.63, 3.8) is 0 Å². The monoisotopic (exact) mass is 372 g/mol. The van der Waals surface area contributed by atoms with E-state index in [4.69, 9.17) is 9.15 Å². The molecule has 0 bridgehead atoms. The van der Waals surface area contributed by atoms with Crippen molar-refractivity contribution in [1.82, 2.24) is 0 Å². The van der Waals surface area contributed by atoms with Gasteiger partial charge in [-0.1, -0.05) is 6.42 Å². The summed E-state index contributed by atoms with van der Waals surface area (Å²) in [5, 5.41) is 11.4. The van der Waals surface area contributed by atoms with Crippen molar-refractivity contribution >= 4 is 11.0 Å². The first-order chi connectivity index (χ1) is 13.1. The maximum absolute atomic E-state index is 12.1. The Balaban J connectivity index is 1.38. The van der Waals surface area contributed by atoms with Gasteiger partial charge in [0.1, 0.15) is 30.6 Å². The van der Waals surface area contributed by atoms with Crippen LogP contribution in [0.2, 0.25) is 0 Å². The summed E-state index contributed by atoms with van der Waals surface area (Å²) in [4.78, 5) is 13.5. The smallest absolute Gasteiger partial charge is 0.339 e. The second-order valence-electron chi connectivity index (χ2n) is 8.21. The number of hydrogen-bond acceptors (Lipinski definition) is 4. The number of benzene rings is 1. The van der Waals surface area contributed by atoms with E-state index >= 15 is 0 Å². The van der Waals surface area contributed by atoms with Crippen LogP contribution in [0.25, 0.3) is 11.0 Å². The molecule has 2 aliphatic carbocycles. The molecule has 2 atom stereocenters. The Morgan fingerprint density at radius 3 is 2.78 bits per heavy atom. The summed E-state index contributed by atoms with van der Waals surface area (Å²) >= 11 is 0. The average molecular weight is 372 g/mol. The van der Waals surface area contributed by atoms with Gasteiger partial charge in [0, 0.05) is 17.0 Å². The lowest BCUT2D eigenvalue weighted by atomic mass is 9.94. The number of nitrogens with one attached hydrogen (secondary N) is 1. The number of fused-ring (bicyclic) bond motifs is 3. The molecule has 0 amide bonds. The topological polar surface area (TPSA) is 64.1 Å². The van der Waals surface area contributed by atoms with Crippen molar-refractivity contribution in [3.8, 4) is 5.75 Å². The Morgan fingerprint density at radius 2 is 1.96 bits per heavy atom. The maximum atomic E-state index is 12.1. The molecule has 146 valence electrons. The largest absolute Gasteiger partial charge is 0.491 e. The van der Waals surface area contributed by atoms with Gasteiger partial charge in [-0.2, -0.15) is 0 Å². The lowest BCUT2D eigenvalue weighted by molar-refractivity contribution is -0.910. The lowest BCUT2D eigenvalue weighted by Gasteiger charge is -2.29. The highest BCUT2D eigenvalue weighted by Crippen LogP contribution is 2.29. The van der Waals surface area contributed by atoms with Crippen LogP contribution in [0, 0.1) is 0 Å².